The predicted octanol–water partition coefficient (Wildman–Crippen LogP) is 10.8. The maximum absolute atomic E-state index is 4.67. The number of pyridine rings is 2. The van der Waals surface area contributed by atoms with Crippen molar-refractivity contribution in [3.63, 3.8) is 0 Å². The third-order valence-electron chi connectivity index (χ3n) is 9.90. The number of fused-ring (bicyclic) bond motifs is 3. The number of benzene rings is 7. The maximum Gasteiger partial charge on any atom is 0.101 e. The van der Waals surface area contributed by atoms with Gasteiger partial charge in [-0.15, -0.1) is 0 Å². The molecular formula is C50H42N2OsP2+2. The zero-order valence-corrected chi connectivity index (χ0v) is 35.0. The van der Waals surface area contributed by atoms with Gasteiger partial charge in [0.25, 0.3) is 0 Å². The largest absolute Gasteiger partial charge is 0.254 e. The first-order valence-electron chi connectivity index (χ1n) is 18.5. The van der Waals surface area contributed by atoms with Crippen molar-refractivity contribution in [1.29, 1.82) is 0 Å². The molecule has 7 aromatic carbocycles. The van der Waals surface area contributed by atoms with Crippen LogP contribution in [-0.2, 0) is 19.8 Å². The van der Waals surface area contributed by atoms with Gasteiger partial charge < -0.3 is 0 Å². The summed E-state index contributed by atoms with van der Waals surface area (Å²) in [6.07, 6.45) is 6.27. The third kappa shape index (κ3) is 9.05. The van der Waals surface area contributed by atoms with E-state index in [4.69, 9.17) is 0 Å². The molecule has 2 aromatic heterocycles. The van der Waals surface area contributed by atoms with E-state index in [0.717, 1.165) is 21.8 Å². The average molecular weight is 923 g/mol. The molecule has 0 aliphatic rings. The topological polar surface area (TPSA) is 25.8 Å². The molecule has 0 saturated carbocycles. The molecule has 0 saturated heterocycles. The number of hydrogen-bond acceptors (Lipinski definition) is 2. The van der Waals surface area contributed by atoms with Crippen LogP contribution in [0.2, 0.25) is 0 Å². The first-order valence-corrected chi connectivity index (χ1v) is 22.0. The first kappa shape index (κ1) is 38.1. The van der Waals surface area contributed by atoms with E-state index in [1.807, 2.05) is 24.5 Å². The fourth-order valence-electron chi connectivity index (χ4n) is 7.28. The summed E-state index contributed by atoms with van der Waals surface area (Å²) in [5.41, 5.74) is 6.65. The minimum Gasteiger partial charge on any atom is -0.254 e. The molecule has 0 atom stereocenters. The van der Waals surface area contributed by atoms with Crippen molar-refractivity contribution in [1.82, 2.24) is 9.97 Å². The van der Waals surface area contributed by atoms with Crippen LogP contribution < -0.4 is 21.2 Å². The molecule has 5 heteroatoms. The van der Waals surface area contributed by atoms with E-state index in [-0.39, 0.29) is 19.8 Å². The first-order chi connectivity index (χ1) is 26.8. The van der Waals surface area contributed by atoms with Crippen molar-refractivity contribution < 1.29 is 19.8 Å². The van der Waals surface area contributed by atoms with Crippen LogP contribution in [-0.4, -0.2) is 22.3 Å². The van der Waals surface area contributed by atoms with Crippen molar-refractivity contribution in [2.75, 3.05) is 12.3 Å². The summed E-state index contributed by atoms with van der Waals surface area (Å²) in [7, 11) is -1.57. The quantitative estimate of drug-likeness (QED) is 0.106. The van der Waals surface area contributed by atoms with Crippen molar-refractivity contribution in [2.24, 2.45) is 0 Å². The Balaban J connectivity index is 0.000000166. The van der Waals surface area contributed by atoms with Gasteiger partial charge >= 0.3 is 0 Å². The Kier molecular flexibility index (Phi) is 13.1. The van der Waals surface area contributed by atoms with Crippen molar-refractivity contribution in [3.8, 4) is 22.3 Å². The summed E-state index contributed by atoms with van der Waals surface area (Å²) < 4.78 is 0. The van der Waals surface area contributed by atoms with Crippen LogP contribution in [0.25, 0.3) is 44.1 Å². The Labute approximate surface area is 339 Å². The Bertz CT molecular complexity index is 2280. The van der Waals surface area contributed by atoms with Crippen molar-refractivity contribution in [2.45, 2.75) is 0 Å². The fourth-order valence-corrected chi connectivity index (χ4v) is 13.5. The standard InChI is InChI=1S/C26H24P2.C24H16N2.Os/c1-5-13-23(14-6-1)27(24-15-7-2-8-16-24)21-22-28(25-17-9-3-10-18-25)26-19-11-4-12-20-26;1-3-7-17(8-4-1)19-13-15-25-23-21(19)11-12-22-20(14-16-26-24(22)23)18-9-5-2-6-10-18;/h1-20H,21-22H2;1-16H;/p+2. The van der Waals surface area contributed by atoms with E-state index in [2.05, 4.69) is 204 Å². The Morgan fingerprint density at radius 2 is 0.582 bits per heavy atom. The average Bonchev–Trinajstić information content (AvgIpc) is 3.27. The Hall–Kier alpha value is -5.14. The molecule has 0 N–H and O–H groups in total. The second-order valence-corrected chi connectivity index (χ2v) is 18.5. The van der Waals surface area contributed by atoms with Gasteiger partial charge in [-0.3, -0.25) is 9.97 Å². The van der Waals surface area contributed by atoms with Crippen LogP contribution >= 0.6 is 15.8 Å². The third-order valence-corrected chi connectivity index (χ3v) is 16.0. The van der Waals surface area contributed by atoms with Crippen LogP contribution in [0.3, 0.4) is 0 Å². The number of nitrogens with zero attached hydrogens (tertiary/aromatic N) is 2. The molecule has 0 radical (unpaired) electrons. The molecule has 2 heterocycles. The fraction of sp³-hybridized carbons (Fsp3) is 0.0400. The molecule has 9 aromatic rings. The summed E-state index contributed by atoms with van der Waals surface area (Å²) in [4.78, 5) is 9.34. The van der Waals surface area contributed by atoms with Gasteiger partial charge in [-0.25, -0.2) is 0 Å². The van der Waals surface area contributed by atoms with Gasteiger partial charge in [0.2, 0.25) is 0 Å². The normalized spacial score (nSPS) is 10.9. The van der Waals surface area contributed by atoms with Gasteiger partial charge in [0, 0.05) is 43.0 Å². The van der Waals surface area contributed by atoms with Gasteiger partial charge in [0.05, 0.1) is 48.1 Å². The van der Waals surface area contributed by atoms with E-state index >= 15 is 0 Å². The van der Waals surface area contributed by atoms with Gasteiger partial charge in [0.1, 0.15) is 12.3 Å². The number of hydrogen-bond donors (Lipinski definition) is 0. The number of aromatic nitrogens is 2. The van der Waals surface area contributed by atoms with Gasteiger partial charge in [-0.1, -0.05) is 146 Å². The zero-order valence-electron chi connectivity index (χ0n) is 30.4. The smallest absolute Gasteiger partial charge is 0.101 e. The van der Waals surface area contributed by atoms with Crippen molar-refractivity contribution >= 4 is 58.9 Å². The maximum atomic E-state index is 4.67. The van der Waals surface area contributed by atoms with Crippen LogP contribution in [0.1, 0.15) is 0 Å². The summed E-state index contributed by atoms with van der Waals surface area (Å²) >= 11 is 0. The Morgan fingerprint density at radius 3 is 0.873 bits per heavy atom. The minimum atomic E-state index is -0.783. The van der Waals surface area contributed by atoms with E-state index in [9.17, 15) is 0 Å². The minimum absolute atomic E-state index is 0. The van der Waals surface area contributed by atoms with Gasteiger partial charge in [-0.05, 0) is 82.9 Å². The van der Waals surface area contributed by atoms with Gasteiger partial charge in [-0.2, -0.15) is 0 Å². The summed E-state index contributed by atoms with van der Waals surface area (Å²) in [6.45, 7) is 0. The zero-order chi connectivity index (χ0) is 36.4. The molecule has 0 unspecified atom stereocenters. The molecule has 0 bridgehead atoms. The molecule has 9 rings (SSSR count). The molecule has 0 fully saturated rings. The second-order valence-electron chi connectivity index (χ2n) is 13.2. The molecule has 0 amide bonds. The molecule has 2 nitrogen and oxygen atoms in total. The molecule has 55 heavy (non-hydrogen) atoms. The van der Waals surface area contributed by atoms with E-state index in [1.165, 1.54) is 55.8 Å². The predicted molar refractivity (Wildman–Crippen MR) is 239 cm³/mol. The molecule has 0 aliphatic heterocycles. The van der Waals surface area contributed by atoms with E-state index in [1.54, 1.807) is 0 Å². The van der Waals surface area contributed by atoms with Crippen molar-refractivity contribution in [3.05, 3.63) is 219 Å². The van der Waals surface area contributed by atoms with Crippen LogP contribution in [0.4, 0.5) is 0 Å². The summed E-state index contributed by atoms with van der Waals surface area (Å²) in [6, 6.07) is 73.8. The molecule has 268 valence electrons. The summed E-state index contributed by atoms with van der Waals surface area (Å²) in [5.74, 6) is 0. The SMILES string of the molecule is [Os].c1ccc(-c2ccnc3c2ccc2c(-c4ccccc4)ccnc23)cc1.c1ccc([PH+](CC[PH+](c2ccccc2)c2ccccc2)c2ccccc2)cc1. The van der Waals surface area contributed by atoms with E-state index < -0.39 is 15.8 Å². The second kappa shape index (κ2) is 18.9. The van der Waals surface area contributed by atoms with Gasteiger partial charge in [0.15, 0.2) is 0 Å². The Morgan fingerprint density at radius 1 is 0.309 bits per heavy atom. The molecule has 0 aliphatic carbocycles. The van der Waals surface area contributed by atoms with E-state index in [0.29, 0.717) is 0 Å². The summed E-state index contributed by atoms with van der Waals surface area (Å²) in [5, 5.41) is 8.32. The van der Waals surface area contributed by atoms with Crippen LogP contribution in [0.15, 0.2) is 219 Å². The van der Waals surface area contributed by atoms with Crippen LogP contribution in [0, 0.1) is 0 Å². The monoisotopic (exact) mass is 924 g/mol. The number of rotatable bonds is 9. The molecule has 0 spiro atoms. The van der Waals surface area contributed by atoms with Crippen LogP contribution in [0.5, 0.6) is 0 Å². The molecular weight excluding hydrogens is 881 g/mol.